The van der Waals surface area contributed by atoms with Crippen LogP contribution >= 0.6 is 28.3 Å². The molecule has 2 N–H and O–H groups in total. The third-order valence-electron chi connectivity index (χ3n) is 3.07. The third-order valence-corrected chi connectivity index (χ3v) is 3.60. The molecule has 0 bridgehead atoms. The van der Waals surface area contributed by atoms with Crippen LogP contribution in [0.25, 0.3) is 0 Å². The SMILES string of the molecule is Cl.O=C(CCC1CCNC1)Nc1ccc(Br)cc1. The first-order valence-corrected chi connectivity index (χ1v) is 6.79. The fourth-order valence-corrected chi connectivity index (χ4v) is 2.32. The minimum Gasteiger partial charge on any atom is -0.326 e. The maximum atomic E-state index is 11.7. The van der Waals surface area contributed by atoms with Gasteiger partial charge < -0.3 is 10.6 Å². The van der Waals surface area contributed by atoms with Crippen molar-refractivity contribution in [1.29, 1.82) is 0 Å². The fraction of sp³-hybridized carbons (Fsp3) is 0.462. The van der Waals surface area contributed by atoms with Crippen LogP contribution in [-0.4, -0.2) is 19.0 Å². The Bertz CT molecular complexity index is 377. The highest BCUT2D eigenvalue weighted by molar-refractivity contribution is 9.10. The second-order valence-electron chi connectivity index (χ2n) is 4.45. The molecule has 1 aromatic carbocycles. The fourth-order valence-electron chi connectivity index (χ4n) is 2.05. The van der Waals surface area contributed by atoms with Crippen LogP contribution in [0.3, 0.4) is 0 Å². The Morgan fingerprint density at radius 2 is 2.11 bits per heavy atom. The predicted octanol–water partition coefficient (Wildman–Crippen LogP) is 3.20. The molecule has 5 heteroatoms. The first kappa shape index (κ1) is 15.5. The van der Waals surface area contributed by atoms with Crippen molar-refractivity contribution in [2.45, 2.75) is 19.3 Å². The van der Waals surface area contributed by atoms with E-state index in [1.807, 2.05) is 24.3 Å². The maximum absolute atomic E-state index is 11.7. The van der Waals surface area contributed by atoms with Gasteiger partial charge in [-0.15, -0.1) is 12.4 Å². The number of carbonyl (C=O) groups is 1. The minimum atomic E-state index is 0. The average molecular weight is 334 g/mol. The zero-order chi connectivity index (χ0) is 12.1. The number of carbonyl (C=O) groups excluding carboxylic acids is 1. The zero-order valence-electron chi connectivity index (χ0n) is 10.1. The summed E-state index contributed by atoms with van der Waals surface area (Å²) in [4.78, 5) is 11.7. The maximum Gasteiger partial charge on any atom is 0.224 e. The minimum absolute atomic E-state index is 0. The van der Waals surface area contributed by atoms with Crippen molar-refractivity contribution in [3.05, 3.63) is 28.7 Å². The van der Waals surface area contributed by atoms with Crippen molar-refractivity contribution in [2.24, 2.45) is 5.92 Å². The molecule has 1 heterocycles. The number of hydrogen-bond donors (Lipinski definition) is 2. The summed E-state index contributed by atoms with van der Waals surface area (Å²) in [6, 6.07) is 7.66. The molecule has 0 radical (unpaired) electrons. The Kier molecular flexibility index (Phi) is 6.68. The number of halogens is 2. The van der Waals surface area contributed by atoms with E-state index in [-0.39, 0.29) is 18.3 Å². The van der Waals surface area contributed by atoms with E-state index in [1.165, 1.54) is 6.42 Å². The van der Waals surface area contributed by atoms with Crippen molar-refractivity contribution in [3.63, 3.8) is 0 Å². The van der Waals surface area contributed by atoms with Crippen LogP contribution in [0, 0.1) is 5.92 Å². The van der Waals surface area contributed by atoms with Gasteiger partial charge in [-0.2, -0.15) is 0 Å². The average Bonchev–Trinajstić information content (AvgIpc) is 2.83. The third kappa shape index (κ3) is 4.96. The normalized spacial score (nSPS) is 18.2. The Balaban J connectivity index is 0.00000162. The highest BCUT2D eigenvalue weighted by Gasteiger charge is 2.15. The van der Waals surface area contributed by atoms with E-state index in [1.54, 1.807) is 0 Å². The van der Waals surface area contributed by atoms with Crippen LogP contribution in [0.1, 0.15) is 19.3 Å². The van der Waals surface area contributed by atoms with Gasteiger partial charge in [0.05, 0.1) is 0 Å². The molecule has 18 heavy (non-hydrogen) atoms. The van der Waals surface area contributed by atoms with Crippen molar-refractivity contribution in [1.82, 2.24) is 5.32 Å². The van der Waals surface area contributed by atoms with Crippen molar-refractivity contribution >= 4 is 39.9 Å². The predicted molar refractivity (Wildman–Crippen MR) is 80.2 cm³/mol. The van der Waals surface area contributed by atoms with Crippen LogP contribution in [-0.2, 0) is 4.79 Å². The summed E-state index contributed by atoms with van der Waals surface area (Å²) in [6.45, 7) is 2.16. The van der Waals surface area contributed by atoms with Crippen LogP contribution in [0.5, 0.6) is 0 Å². The van der Waals surface area contributed by atoms with Crippen LogP contribution < -0.4 is 10.6 Å². The summed E-state index contributed by atoms with van der Waals surface area (Å²) in [5.74, 6) is 0.782. The van der Waals surface area contributed by atoms with Crippen molar-refractivity contribution in [3.8, 4) is 0 Å². The van der Waals surface area contributed by atoms with Crippen LogP contribution in [0.2, 0.25) is 0 Å². The van der Waals surface area contributed by atoms with E-state index < -0.39 is 0 Å². The molecule has 0 aliphatic carbocycles. The number of rotatable bonds is 4. The van der Waals surface area contributed by atoms with E-state index in [2.05, 4.69) is 26.6 Å². The second-order valence-corrected chi connectivity index (χ2v) is 5.37. The van der Waals surface area contributed by atoms with Gasteiger partial charge in [-0.05, 0) is 56.1 Å². The van der Waals surface area contributed by atoms with E-state index in [0.717, 1.165) is 29.7 Å². The number of hydrogen-bond acceptors (Lipinski definition) is 2. The molecule has 100 valence electrons. The monoisotopic (exact) mass is 332 g/mol. The zero-order valence-corrected chi connectivity index (χ0v) is 12.5. The van der Waals surface area contributed by atoms with Gasteiger partial charge in [-0.25, -0.2) is 0 Å². The second kappa shape index (κ2) is 7.77. The Hall–Kier alpha value is -0.580. The number of nitrogens with one attached hydrogen (secondary N) is 2. The van der Waals surface area contributed by atoms with Crippen molar-refractivity contribution < 1.29 is 4.79 Å². The highest BCUT2D eigenvalue weighted by Crippen LogP contribution is 2.17. The standard InChI is InChI=1S/C13H17BrN2O.ClH/c14-11-2-4-12(5-3-11)16-13(17)6-1-10-7-8-15-9-10;/h2-5,10,15H,1,6-9H2,(H,16,17);1H. The molecule has 1 aromatic rings. The van der Waals surface area contributed by atoms with Gasteiger partial charge in [0.25, 0.3) is 0 Å². The summed E-state index contributed by atoms with van der Waals surface area (Å²) in [6.07, 6.45) is 2.79. The molecule has 1 aliphatic heterocycles. The number of amides is 1. The summed E-state index contributed by atoms with van der Waals surface area (Å²) in [5.41, 5.74) is 0.864. The van der Waals surface area contributed by atoms with Gasteiger partial charge in [-0.3, -0.25) is 4.79 Å². The van der Waals surface area contributed by atoms with E-state index >= 15 is 0 Å². The number of benzene rings is 1. The van der Waals surface area contributed by atoms with E-state index in [0.29, 0.717) is 12.3 Å². The first-order valence-electron chi connectivity index (χ1n) is 6.00. The molecule has 2 rings (SSSR count). The molecule has 1 fully saturated rings. The summed E-state index contributed by atoms with van der Waals surface area (Å²) in [7, 11) is 0. The lowest BCUT2D eigenvalue weighted by molar-refractivity contribution is -0.116. The molecule has 0 saturated carbocycles. The quantitative estimate of drug-likeness (QED) is 0.888. The lowest BCUT2D eigenvalue weighted by Crippen LogP contribution is -2.14. The van der Waals surface area contributed by atoms with Crippen molar-refractivity contribution in [2.75, 3.05) is 18.4 Å². The topological polar surface area (TPSA) is 41.1 Å². The molecule has 0 spiro atoms. The number of anilines is 1. The lowest BCUT2D eigenvalue weighted by Gasteiger charge is -2.08. The molecule has 1 aliphatic rings. The lowest BCUT2D eigenvalue weighted by atomic mass is 10.0. The van der Waals surface area contributed by atoms with Gasteiger partial charge in [0.2, 0.25) is 5.91 Å². The highest BCUT2D eigenvalue weighted by atomic mass is 79.9. The summed E-state index contributed by atoms with van der Waals surface area (Å²) in [5, 5.41) is 6.23. The largest absolute Gasteiger partial charge is 0.326 e. The van der Waals surface area contributed by atoms with E-state index in [9.17, 15) is 4.79 Å². The van der Waals surface area contributed by atoms with Gasteiger partial charge in [0.1, 0.15) is 0 Å². The molecule has 1 unspecified atom stereocenters. The molecular formula is C13H18BrClN2O. The molecule has 0 aromatic heterocycles. The van der Waals surface area contributed by atoms with Gasteiger partial charge >= 0.3 is 0 Å². The molecule has 3 nitrogen and oxygen atoms in total. The molecular weight excluding hydrogens is 316 g/mol. The molecule has 1 saturated heterocycles. The summed E-state index contributed by atoms with van der Waals surface area (Å²) < 4.78 is 1.02. The van der Waals surface area contributed by atoms with Crippen LogP contribution in [0.15, 0.2) is 28.7 Å². The Morgan fingerprint density at radius 1 is 1.39 bits per heavy atom. The molecule has 1 amide bonds. The first-order chi connectivity index (χ1) is 8.24. The van der Waals surface area contributed by atoms with Gasteiger partial charge in [0.15, 0.2) is 0 Å². The van der Waals surface area contributed by atoms with E-state index in [4.69, 9.17) is 0 Å². The Morgan fingerprint density at radius 3 is 2.72 bits per heavy atom. The van der Waals surface area contributed by atoms with Crippen LogP contribution in [0.4, 0.5) is 5.69 Å². The molecule has 1 atom stereocenters. The Labute approximate surface area is 122 Å². The van der Waals surface area contributed by atoms with Gasteiger partial charge in [0, 0.05) is 16.6 Å². The smallest absolute Gasteiger partial charge is 0.224 e. The summed E-state index contributed by atoms with van der Waals surface area (Å²) >= 11 is 3.37. The van der Waals surface area contributed by atoms with Gasteiger partial charge in [-0.1, -0.05) is 15.9 Å².